The maximum Gasteiger partial charge on any atom is 0.366 e. The van der Waals surface area contributed by atoms with E-state index in [1.807, 2.05) is 0 Å². The number of hydrogen-bond donors (Lipinski definition) is 3. The van der Waals surface area contributed by atoms with E-state index in [-0.39, 0.29) is 31.4 Å². The first-order chi connectivity index (χ1) is 41.0. The van der Waals surface area contributed by atoms with Gasteiger partial charge in [-0.25, -0.2) is 4.79 Å². The second-order valence-corrected chi connectivity index (χ2v) is 21.7. The lowest BCUT2D eigenvalue weighted by atomic mass is 9.88. The van der Waals surface area contributed by atoms with Gasteiger partial charge in [-0.1, -0.05) is 135 Å². The molecule has 0 aromatic rings. The van der Waals surface area contributed by atoms with E-state index in [1.54, 1.807) is 0 Å². The molecule has 1 rings (SSSR count). The predicted octanol–water partition coefficient (Wildman–Crippen LogP) is 8.00. The number of rotatable bonds is 56. The number of ether oxygens (including phenoxy) is 12. The Labute approximate surface area is 507 Å². The van der Waals surface area contributed by atoms with Crippen LogP contribution in [0.3, 0.4) is 0 Å². The zero-order valence-corrected chi connectivity index (χ0v) is 53.0. The Morgan fingerprint density at radius 3 is 1.39 bits per heavy atom. The number of carbonyl (C=O) groups is 8. The molecule has 494 valence electrons. The van der Waals surface area contributed by atoms with E-state index in [0.29, 0.717) is 98.2 Å². The zero-order chi connectivity index (χ0) is 62.6. The van der Waals surface area contributed by atoms with Crippen LogP contribution >= 0.6 is 0 Å². The monoisotopic (exact) mass is 1220 g/mol. The molecular formula is C62H111N3O20. The lowest BCUT2D eigenvalue weighted by molar-refractivity contribution is -0.314. The van der Waals surface area contributed by atoms with Crippen molar-refractivity contribution in [2.75, 3.05) is 99.5 Å². The molecule has 0 bridgehead atoms. The van der Waals surface area contributed by atoms with Gasteiger partial charge < -0.3 is 72.8 Å². The average molecular weight is 1220 g/mol. The van der Waals surface area contributed by atoms with E-state index in [2.05, 4.69) is 22.9 Å². The summed E-state index contributed by atoms with van der Waals surface area (Å²) in [5.41, 5.74) is 0. The standard InChI is InChI=1S/C62H111N3O20/c1-8-9-10-11-12-13-14-15-16-17-18-19-20-21-22-23-24-25-26-27-29-32-56(71)64-35-38-76-40-42-78-44-46-79-45-43-77-41-39-75-37-33-57(72)63-34-30-28-31-36-81-62(61(73)74-7)47-54(82-51(4)68)58(65-49(2)66)60(85-62)59(84-53(6)70)55(83-52(5)69)48-80-50(3)67/h54-55,58-60H,8-48H2,1-7H3,(H,63,72)(H,64,71)(H,65,66)/t54-,55+,58+,59+,60+,62+/m0/s1. The van der Waals surface area contributed by atoms with E-state index >= 15 is 0 Å². The molecule has 0 aromatic heterocycles. The van der Waals surface area contributed by atoms with Crippen LogP contribution in [0.5, 0.6) is 0 Å². The van der Waals surface area contributed by atoms with Crippen LogP contribution in [0.1, 0.15) is 215 Å². The molecule has 0 radical (unpaired) electrons. The van der Waals surface area contributed by atoms with Crippen LogP contribution in [0.25, 0.3) is 0 Å². The Kier molecular flexibility index (Phi) is 48.6. The van der Waals surface area contributed by atoms with Crippen LogP contribution in [0.2, 0.25) is 0 Å². The SMILES string of the molecule is CCCCCCCCCCCCCCCCCCCCCCCC(=O)NCCOCCOCCOCCOCCOCCC(=O)NCCCCCO[C@]1(C(=O)OC)C[C@H](OC(C)=O)[C@@H](NC(C)=O)[C@H]([C@H](OC(C)=O)[C@@H](COC(C)=O)OC(C)=O)O1. The molecular weight excluding hydrogens is 1110 g/mol. The van der Waals surface area contributed by atoms with E-state index < -0.39 is 85.0 Å². The molecule has 3 N–H and O–H groups in total. The van der Waals surface area contributed by atoms with Gasteiger partial charge in [0.1, 0.15) is 18.8 Å². The number of hydrogen-bond acceptors (Lipinski definition) is 20. The van der Waals surface area contributed by atoms with Crippen molar-refractivity contribution in [3.63, 3.8) is 0 Å². The summed E-state index contributed by atoms with van der Waals surface area (Å²) in [6.45, 7) is 11.6. The lowest BCUT2D eigenvalue weighted by Crippen LogP contribution is -2.69. The van der Waals surface area contributed by atoms with Crippen molar-refractivity contribution in [1.29, 1.82) is 0 Å². The highest BCUT2D eigenvalue weighted by Gasteiger charge is 2.59. The average Bonchev–Trinajstić information content (AvgIpc) is 1.89. The molecule has 23 nitrogen and oxygen atoms in total. The first-order valence-electron chi connectivity index (χ1n) is 31.8. The van der Waals surface area contributed by atoms with Crippen LogP contribution in [0, 0.1) is 0 Å². The molecule has 0 aliphatic carbocycles. The number of unbranched alkanes of at least 4 members (excludes halogenated alkanes) is 22. The maximum absolute atomic E-state index is 13.5. The first kappa shape index (κ1) is 78.5. The van der Waals surface area contributed by atoms with Crippen molar-refractivity contribution in [2.24, 2.45) is 0 Å². The van der Waals surface area contributed by atoms with Crippen LogP contribution in [-0.4, -0.2) is 183 Å². The van der Waals surface area contributed by atoms with Crippen LogP contribution in [0.4, 0.5) is 0 Å². The van der Waals surface area contributed by atoms with Crippen molar-refractivity contribution in [2.45, 2.75) is 251 Å². The lowest BCUT2D eigenvalue weighted by Gasteiger charge is -2.48. The summed E-state index contributed by atoms with van der Waals surface area (Å²) in [5, 5.41) is 8.37. The summed E-state index contributed by atoms with van der Waals surface area (Å²) in [4.78, 5) is 99.5. The van der Waals surface area contributed by atoms with Crippen molar-refractivity contribution < 1.29 is 95.2 Å². The second kappa shape index (κ2) is 52.6. The Hall–Kier alpha value is -4.52. The Balaban J connectivity index is 2.14. The van der Waals surface area contributed by atoms with Gasteiger partial charge in [0.05, 0.1) is 92.2 Å². The van der Waals surface area contributed by atoms with Crippen LogP contribution in [0.15, 0.2) is 0 Å². The largest absolute Gasteiger partial charge is 0.465 e. The molecule has 0 saturated carbocycles. The summed E-state index contributed by atoms with van der Waals surface area (Å²) in [7, 11) is 1.07. The van der Waals surface area contributed by atoms with Gasteiger partial charge >= 0.3 is 29.8 Å². The molecule has 23 heteroatoms. The molecule has 85 heavy (non-hydrogen) atoms. The van der Waals surface area contributed by atoms with Gasteiger partial charge in [0, 0.05) is 60.5 Å². The molecule has 0 aromatic carbocycles. The topological polar surface area (TPSA) is 283 Å². The van der Waals surface area contributed by atoms with Gasteiger partial charge in [-0.05, 0) is 25.7 Å². The predicted molar refractivity (Wildman–Crippen MR) is 317 cm³/mol. The van der Waals surface area contributed by atoms with Gasteiger partial charge in [0.25, 0.3) is 5.79 Å². The van der Waals surface area contributed by atoms with Gasteiger partial charge in [-0.15, -0.1) is 0 Å². The summed E-state index contributed by atoms with van der Waals surface area (Å²) < 4.78 is 66.7. The van der Waals surface area contributed by atoms with Gasteiger partial charge in [0.2, 0.25) is 17.7 Å². The minimum atomic E-state index is -2.30. The third-order valence-electron chi connectivity index (χ3n) is 14.0. The first-order valence-corrected chi connectivity index (χ1v) is 31.8. The highest BCUT2D eigenvalue weighted by molar-refractivity contribution is 5.79. The molecule has 3 amide bonds. The summed E-state index contributed by atoms with van der Waals surface area (Å²) in [6.07, 6.45) is 23.7. The normalized spacial score (nSPS) is 17.3. The van der Waals surface area contributed by atoms with E-state index in [0.717, 1.165) is 47.6 Å². The van der Waals surface area contributed by atoms with Crippen molar-refractivity contribution >= 4 is 47.6 Å². The summed E-state index contributed by atoms with van der Waals surface area (Å²) >= 11 is 0. The molecule has 0 spiro atoms. The van der Waals surface area contributed by atoms with Crippen molar-refractivity contribution in [3.05, 3.63) is 0 Å². The van der Waals surface area contributed by atoms with Crippen molar-refractivity contribution in [3.8, 4) is 0 Å². The molecule has 1 heterocycles. The smallest absolute Gasteiger partial charge is 0.366 e. The number of nitrogens with one attached hydrogen (secondary N) is 3. The fraction of sp³-hybridized carbons (Fsp3) is 0.871. The maximum atomic E-state index is 13.5. The molecule has 1 fully saturated rings. The number of carbonyl (C=O) groups excluding carboxylic acids is 8. The van der Waals surface area contributed by atoms with Crippen molar-refractivity contribution in [1.82, 2.24) is 16.0 Å². The summed E-state index contributed by atoms with van der Waals surface area (Å²) in [5.74, 6) is -7.41. The molecule has 6 atom stereocenters. The Morgan fingerprint density at radius 2 is 0.929 bits per heavy atom. The minimum Gasteiger partial charge on any atom is -0.465 e. The molecule has 1 saturated heterocycles. The number of esters is 5. The quantitative estimate of drug-likeness (QED) is 0.0295. The second-order valence-electron chi connectivity index (χ2n) is 21.7. The molecule has 0 unspecified atom stereocenters. The van der Waals surface area contributed by atoms with Gasteiger partial charge in [0.15, 0.2) is 12.2 Å². The number of amides is 3. The third-order valence-corrected chi connectivity index (χ3v) is 14.0. The third kappa shape index (κ3) is 42.9. The Bertz CT molecular complexity index is 1790. The fourth-order valence-electron chi connectivity index (χ4n) is 9.72. The van der Waals surface area contributed by atoms with Crippen LogP contribution in [-0.2, 0) is 95.2 Å². The molecule has 1 aliphatic rings. The molecule has 1 aliphatic heterocycles. The highest BCUT2D eigenvalue weighted by atomic mass is 16.7. The minimum absolute atomic E-state index is 0.0825. The van der Waals surface area contributed by atoms with Gasteiger partial charge in [-0.3, -0.25) is 33.6 Å². The van der Waals surface area contributed by atoms with Crippen LogP contribution < -0.4 is 16.0 Å². The van der Waals surface area contributed by atoms with E-state index in [9.17, 15) is 38.4 Å². The number of methoxy groups -OCH3 is 1. The van der Waals surface area contributed by atoms with E-state index in [4.69, 9.17) is 56.8 Å². The Morgan fingerprint density at radius 1 is 0.482 bits per heavy atom. The van der Waals surface area contributed by atoms with E-state index in [1.165, 1.54) is 129 Å². The zero-order valence-electron chi connectivity index (χ0n) is 53.0. The van der Waals surface area contributed by atoms with Gasteiger partial charge in [-0.2, -0.15) is 0 Å². The highest BCUT2D eigenvalue weighted by Crippen LogP contribution is 2.37. The summed E-state index contributed by atoms with van der Waals surface area (Å²) in [6, 6.07) is -1.32. The fourth-order valence-corrected chi connectivity index (χ4v) is 9.72.